The zero-order valence-corrected chi connectivity index (χ0v) is 28.8. The molecule has 0 spiro atoms. The van der Waals surface area contributed by atoms with Crippen LogP contribution in [0.15, 0.2) is 40.0 Å². The van der Waals surface area contributed by atoms with Crippen molar-refractivity contribution in [2.45, 2.75) is 97.4 Å². The molecule has 2 fully saturated rings. The topological polar surface area (TPSA) is 107 Å². The summed E-state index contributed by atoms with van der Waals surface area (Å²) >= 11 is 6.93. The smallest absolute Gasteiger partial charge is 0.303 e. The molecule has 0 radical (unpaired) electrons. The predicted molar refractivity (Wildman–Crippen MR) is 190 cm³/mol. The summed E-state index contributed by atoms with van der Waals surface area (Å²) in [5, 5.41) is 18.7. The first kappa shape index (κ1) is 35.4. The van der Waals surface area contributed by atoms with E-state index in [0.29, 0.717) is 33.8 Å². The van der Waals surface area contributed by atoms with Gasteiger partial charge in [0.25, 0.3) is 11.5 Å². The molecule has 0 unspecified atom stereocenters. The maximum Gasteiger partial charge on any atom is 0.303 e. The number of aromatic nitrogens is 1. The van der Waals surface area contributed by atoms with Gasteiger partial charge in [0, 0.05) is 38.2 Å². The third kappa shape index (κ3) is 9.10. The molecule has 3 heterocycles. The van der Waals surface area contributed by atoms with E-state index in [-0.39, 0.29) is 23.5 Å². The first-order chi connectivity index (χ1) is 22.2. The number of thioether (sulfide) groups is 1. The molecule has 1 amide bonds. The molecular weight excluding hydrogens is 617 g/mol. The fourth-order valence-electron chi connectivity index (χ4n) is 6.51. The molecule has 8 nitrogen and oxygen atoms in total. The Morgan fingerprint density at radius 1 is 1.04 bits per heavy atom. The number of thiocarbonyl (C=S) groups is 1. The molecule has 2 aromatic rings. The van der Waals surface area contributed by atoms with Crippen molar-refractivity contribution in [1.82, 2.24) is 9.47 Å². The third-order valence-corrected chi connectivity index (χ3v) is 10.5. The molecular formula is C36H46N4O4S2. The van der Waals surface area contributed by atoms with E-state index in [1.165, 1.54) is 17.3 Å². The van der Waals surface area contributed by atoms with Crippen LogP contribution in [0.1, 0.15) is 99.8 Å². The minimum atomic E-state index is -0.729. The van der Waals surface area contributed by atoms with Crippen molar-refractivity contribution in [1.29, 1.82) is 5.26 Å². The lowest BCUT2D eigenvalue weighted by molar-refractivity contribution is -0.137. The summed E-state index contributed by atoms with van der Waals surface area (Å²) in [5.74, 6) is 0.500. The second kappa shape index (κ2) is 17.5. The van der Waals surface area contributed by atoms with E-state index in [4.69, 9.17) is 17.3 Å². The number of pyridine rings is 1. The Morgan fingerprint density at radius 2 is 1.67 bits per heavy atom. The zero-order valence-electron chi connectivity index (χ0n) is 27.1. The Morgan fingerprint density at radius 3 is 2.28 bits per heavy atom. The normalized spacial score (nSPS) is 16.4. The number of carboxylic acids is 1. The number of nitriles is 1. The van der Waals surface area contributed by atoms with Gasteiger partial charge in [0.2, 0.25) is 0 Å². The highest BCUT2D eigenvalue weighted by Crippen LogP contribution is 2.37. The first-order valence-electron chi connectivity index (χ1n) is 16.7. The van der Waals surface area contributed by atoms with Gasteiger partial charge in [0.15, 0.2) is 0 Å². The summed E-state index contributed by atoms with van der Waals surface area (Å²) in [6.45, 7) is 6.33. The lowest BCUT2D eigenvalue weighted by Crippen LogP contribution is -2.39. The molecule has 0 saturated carbocycles. The number of amides is 1. The van der Waals surface area contributed by atoms with Crippen LogP contribution in [0, 0.1) is 24.2 Å². The minimum Gasteiger partial charge on any atom is -0.481 e. The third-order valence-electron chi connectivity index (χ3n) is 9.12. The quantitative estimate of drug-likeness (QED) is 0.113. The van der Waals surface area contributed by atoms with E-state index in [2.05, 4.69) is 35.2 Å². The van der Waals surface area contributed by atoms with Crippen LogP contribution in [0.5, 0.6) is 0 Å². The number of benzene rings is 1. The number of nitrogens with zero attached hydrogens (tertiary/aromatic N) is 4. The van der Waals surface area contributed by atoms with Gasteiger partial charge in [0.05, 0.1) is 4.91 Å². The van der Waals surface area contributed by atoms with Gasteiger partial charge in [-0.05, 0) is 69.1 Å². The predicted octanol–water partition coefficient (Wildman–Crippen LogP) is 7.30. The highest BCUT2D eigenvalue weighted by molar-refractivity contribution is 8.26. The Balaban J connectivity index is 1.44. The van der Waals surface area contributed by atoms with E-state index in [1.807, 2.05) is 26.0 Å². The Labute approximate surface area is 282 Å². The number of piperidine rings is 1. The summed E-state index contributed by atoms with van der Waals surface area (Å²) in [7, 11) is 0. The maximum absolute atomic E-state index is 13.6. The van der Waals surface area contributed by atoms with Crippen LogP contribution < -0.4 is 10.5 Å². The number of rotatable bonds is 16. The number of carboxylic acid groups (broad SMARTS) is 1. The second-order valence-corrected chi connectivity index (χ2v) is 14.0. The lowest BCUT2D eigenvalue weighted by atomic mass is 9.90. The molecule has 0 bridgehead atoms. The molecule has 1 aromatic carbocycles. The van der Waals surface area contributed by atoms with Gasteiger partial charge in [-0.25, -0.2) is 0 Å². The number of carbonyl (C=O) groups is 2. The van der Waals surface area contributed by atoms with Crippen molar-refractivity contribution in [3.05, 3.63) is 67.8 Å². The van der Waals surface area contributed by atoms with Gasteiger partial charge in [-0.2, -0.15) is 5.26 Å². The Hall–Kier alpha value is -3.42. The summed E-state index contributed by atoms with van der Waals surface area (Å²) in [5.41, 5.74) is 2.53. The van der Waals surface area contributed by atoms with Crippen molar-refractivity contribution >= 4 is 52.1 Å². The number of hydrogen-bond donors (Lipinski definition) is 1. The maximum atomic E-state index is 13.6. The van der Waals surface area contributed by atoms with E-state index < -0.39 is 5.97 Å². The summed E-state index contributed by atoms with van der Waals surface area (Å²) < 4.78 is 2.24. The van der Waals surface area contributed by atoms with Crippen molar-refractivity contribution < 1.29 is 14.7 Å². The average Bonchev–Trinajstić information content (AvgIpc) is 3.31. The molecule has 2 aliphatic heterocycles. The zero-order chi connectivity index (χ0) is 33.1. The highest BCUT2D eigenvalue weighted by Gasteiger charge is 2.33. The van der Waals surface area contributed by atoms with E-state index >= 15 is 0 Å². The van der Waals surface area contributed by atoms with Crippen LogP contribution in [-0.2, 0) is 22.6 Å². The van der Waals surface area contributed by atoms with E-state index in [9.17, 15) is 19.6 Å². The van der Waals surface area contributed by atoms with Crippen molar-refractivity contribution in [3.63, 3.8) is 0 Å². The number of carbonyl (C=O) groups excluding carboxylic acids is 1. The summed E-state index contributed by atoms with van der Waals surface area (Å²) in [6.07, 6.45) is 13.0. The molecule has 1 N–H and O–H groups in total. The van der Waals surface area contributed by atoms with Crippen LogP contribution >= 0.6 is 24.0 Å². The van der Waals surface area contributed by atoms with Crippen LogP contribution in [0.2, 0.25) is 0 Å². The van der Waals surface area contributed by atoms with Gasteiger partial charge < -0.3 is 10.0 Å². The standard InChI is InChI=1S/C36H46N4O4S2/c1-3-39-33(38-21-18-28(19-22-38)23-27-15-11-10-12-16-27)29(26(2)30(25-37)34(39)43)24-31-35(44)40(36(45)46-31)20-14-9-7-5-4-6-8-13-17-32(41)42/h10-12,15-16,24,28H,3-9,13-14,17-23H2,1-2H3,(H,41,42). The largest absolute Gasteiger partial charge is 0.481 e. The van der Waals surface area contributed by atoms with Crippen LogP contribution in [0.3, 0.4) is 0 Å². The molecule has 2 aliphatic rings. The number of anilines is 1. The molecule has 0 aliphatic carbocycles. The second-order valence-electron chi connectivity index (χ2n) is 12.3. The van der Waals surface area contributed by atoms with Crippen molar-refractivity contribution in [2.75, 3.05) is 24.5 Å². The lowest BCUT2D eigenvalue weighted by Gasteiger charge is -2.36. The summed E-state index contributed by atoms with van der Waals surface area (Å²) in [6, 6.07) is 12.7. The van der Waals surface area contributed by atoms with Crippen LogP contribution in [0.25, 0.3) is 6.08 Å². The molecule has 246 valence electrons. The van der Waals surface area contributed by atoms with Gasteiger partial charge >= 0.3 is 5.97 Å². The number of hydrogen-bond acceptors (Lipinski definition) is 7. The van der Waals surface area contributed by atoms with Gasteiger partial charge in [-0.15, -0.1) is 0 Å². The van der Waals surface area contributed by atoms with Crippen LogP contribution in [-0.4, -0.2) is 50.4 Å². The van der Waals surface area contributed by atoms with Gasteiger partial charge in [-0.3, -0.25) is 23.9 Å². The van der Waals surface area contributed by atoms with Crippen molar-refractivity contribution in [2.24, 2.45) is 5.92 Å². The van der Waals surface area contributed by atoms with Gasteiger partial charge in [0.1, 0.15) is 21.8 Å². The molecule has 4 rings (SSSR count). The molecule has 0 atom stereocenters. The fourth-order valence-corrected chi connectivity index (χ4v) is 7.80. The minimum absolute atomic E-state index is 0.117. The summed E-state index contributed by atoms with van der Waals surface area (Å²) in [4.78, 5) is 42.1. The Bertz CT molecular complexity index is 1520. The van der Waals surface area contributed by atoms with E-state index in [0.717, 1.165) is 95.1 Å². The molecule has 2 saturated heterocycles. The Kier molecular flexibility index (Phi) is 13.5. The van der Waals surface area contributed by atoms with E-state index in [1.54, 1.807) is 9.47 Å². The molecule has 1 aromatic heterocycles. The first-order valence-corrected chi connectivity index (χ1v) is 17.9. The average molecular weight is 663 g/mol. The van der Waals surface area contributed by atoms with Crippen LogP contribution in [0.4, 0.5) is 5.82 Å². The SMILES string of the molecule is CCn1c(N2CCC(Cc3ccccc3)CC2)c(C=C2SC(=S)N(CCCCCCCCCCC(=O)O)C2=O)c(C)c(C#N)c1=O. The molecule has 10 heteroatoms. The number of aliphatic carboxylic acids is 1. The van der Waals surface area contributed by atoms with Gasteiger partial charge in [-0.1, -0.05) is 92.8 Å². The fraction of sp³-hybridized carbons (Fsp3) is 0.528. The number of unbranched alkanes of at least 4 members (excludes halogenated alkanes) is 7. The molecule has 46 heavy (non-hydrogen) atoms. The highest BCUT2D eigenvalue weighted by atomic mass is 32.2. The van der Waals surface area contributed by atoms with Crippen molar-refractivity contribution in [3.8, 4) is 6.07 Å². The monoisotopic (exact) mass is 662 g/mol.